The Balaban J connectivity index is 1.49. The van der Waals surface area contributed by atoms with Crippen LogP contribution in [0.3, 0.4) is 0 Å². The van der Waals surface area contributed by atoms with Crippen molar-refractivity contribution in [3.63, 3.8) is 0 Å². The van der Waals surface area contributed by atoms with Crippen molar-refractivity contribution >= 4 is 34.9 Å². The number of nitrogens with one attached hydrogen (secondary N) is 1. The largest absolute Gasteiger partial charge is 0.370 e. The molecule has 1 aromatic heterocycles. The van der Waals surface area contributed by atoms with Crippen molar-refractivity contribution < 1.29 is 14.3 Å². The minimum absolute atomic E-state index is 0.0343. The molecule has 0 aromatic carbocycles. The number of nitrogens with zero attached hydrogens (tertiary/aromatic N) is 1. The average molecular weight is 409 g/mol. The molecule has 0 bridgehead atoms. The summed E-state index contributed by atoms with van der Waals surface area (Å²) >= 11 is 3.53. The van der Waals surface area contributed by atoms with E-state index in [1.165, 1.54) is 10.4 Å². The van der Waals surface area contributed by atoms with Gasteiger partial charge >= 0.3 is 0 Å². The number of thiophene rings is 1. The summed E-state index contributed by atoms with van der Waals surface area (Å²) in [6.07, 6.45) is 3.57. The minimum Gasteiger partial charge on any atom is -0.370 e. The number of fused-ring (bicyclic) bond motifs is 2. The molecule has 1 aromatic rings. The van der Waals surface area contributed by atoms with Crippen LogP contribution in [0.5, 0.6) is 0 Å². The molecule has 2 amide bonds. The number of piperidine rings is 1. The second kappa shape index (κ2) is 7.76. The van der Waals surface area contributed by atoms with E-state index in [0.29, 0.717) is 12.6 Å². The highest BCUT2D eigenvalue weighted by Crippen LogP contribution is 2.44. The number of rotatable bonds is 3. The molecule has 1 atom stereocenters. The fourth-order valence-electron chi connectivity index (χ4n) is 4.30. The average Bonchev–Trinajstić information content (AvgIpc) is 3.32. The molecular weight excluding hydrogens is 380 g/mol. The van der Waals surface area contributed by atoms with Crippen molar-refractivity contribution in [3.05, 3.63) is 21.4 Å². The van der Waals surface area contributed by atoms with E-state index in [2.05, 4.69) is 11.4 Å². The summed E-state index contributed by atoms with van der Waals surface area (Å²) in [4.78, 5) is 29.1. The van der Waals surface area contributed by atoms with Gasteiger partial charge in [-0.25, -0.2) is 0 Å². The van der Waals surface area contributed by atoms with E-state index >= 15 is 0 Å². The Kier molecular flexibility index (Phi) is 5.54. The van der Waals surface area contributed by atoms with Crippen LogP contribution in [-0.4, -0.2) is 54.0 Å². The van der Waals surface area contributed by atoms with Gasteiger partial charge in [-0.15, -0.1) is 11.3 Å². The van der Waals surface area contributed by atoms with E-state index in [-0.39, 0.29) is 23.3 Å². The van der Waals surface area contributed by atoms with E-state index in [9.17, 15) is 9.59 Å². The van der Waals surface area contributed by atoms with Gasteiger partial charge in [-0.3, -0.25) is 9.59 Å². The van der Waals surface area contributed by atoms with Gasteiger partial charge in [0.15, 0.2) is 0 Å². The second-order valence-corrected chi connectivity index (χ2v) is 10.3. The lowest BCUT2D eigenvalue weighted by Gasteiger charge is -2.44. The third kappa shape index (κ3) is 3.78. The van der Waals surface area contributed by atoms with Crippen molar-refractivity contribution in [1.82, 2.24) is 10.2 Å². The number of likely N-dealkylation sites (tertiary alicyclic amines) is 1. The van der Waals surface area contributed by atoms with Crippen LogP contribution in [-0.2, 0) is 21.6 Å². The van der Waals surface area contributed by atoms with Gasteiger partial charge in [0.1, 0.15) is 0 Å². The van der Waals surface area contributed by atoms with E-state index < -0.39 is 0 Å². The number of thioether (sulfide) groups is 1. The third-order valence-electron chi connectivity index (χ3n) is 5.87. The van der Waals surface area contributed by atoms with Gasteiger partial charge in [-0.2, -0.15) is 11.8 Å². The van der Waals surface area contributed by atoms with Gasteiger partial charge in [0.25, 0.3) is 5.91 Å². The smallest absolute Gasteiger partial charge is 0.261 e. The highest BCUT2D eigenvalue weighted by Gasteiger charge is 2.43. The summed E-state index contributed by atoms with van der Waals surface area (Å²) in [5.74, 6) is 2.47. The fourth-order valence-corrected chi connectivity index (χ4v) is 6.59. The molecule has 4 heterocycles. The maximum atomic E-state index is 12.7. The number of ether oxygens (including phenoxy) is 1. The first kappa shape index (κ1) is 19.3. The van der Waals surface area contributed by atoms with E-state index in [1.807, 2.05) is 30.5 Å². The summed E-state index contributed by atoms with van der Waals surface area (Å²) < 4.78 is 6.28. The summed E-state index contributed by atoms with van der Waals surface area (Å²) in [5.41, 5.74) is 0.876. The number of carbonyl (C=O) groups is 2. The molecule has 1 spiro atoms. The Morgan fingerprint density at radius 3 is 2.78 bits per heavy atom. The fraction of sp³-hybridized carbons (Fsp3) is 0.700. The number of amides is 2. The zero-order valence-corrected chi connectivity index (χ0v) is 17.7. The molecule has 2 saturated heterocycles. The summed E-state index contributed by atoms with van der Waals surface area (Å²) in [6, 6.07) is 2.37. The van der Waals surface area contributed by atoms with E-state index in [0.717, 1.165) is 55.2 Å². The molecule has 1 unspecified atom stereocenters. The van der Waals surface area contributed by atoms with Crippen molar-refractivity contribution in [3.8, 4) is 0 Å². The Bertz CT molecular complexity index is 717. The molecule has 3 aliphatic heterocycles. The highest BCUT2D eigenvalue weighted by molar-refractivity contribution is 7.99. The topological polar surface area (TPSA) is 58.6 Å². The highest BCUT2D eigenvalue weighted by atomic mass is 32.2. The molecule has 0 radical (unpaired) electrons. The van der Waals surface area contributed by atoms with E-state index in [4.69, 9.17) is 4.74 Å². The maximum absolute atomic E-state index is 12.7. The van der Waals surface area contributed by atoms with Crippen LogP contribution < -0.4 is 5.32 Å². The standard InChI is InChI=1S/C20H28N2O3S2/c1-13(2)19(24)22-7-5-20(6-8-22)15-11-17(27-16(15)3-9-25-20)18(23)21-14-4-10-26-12-14/h11,13-14H,3-10,12H2,1-2H3,(H,21,23). The second-order valence-electron chi connectivity index (χ2n) is 8.05. The Morgan fingerprint density at radius 1 is 1.33 bits per heavy atom. The summed E-state index contributed by atoms with van der Waals surface area (Å²) in [6.45, 7) is 6.06. The maximum Gasteiger partial charge on any atom is 0.261 e. The molecule has 3 aliphatic rings. The van der Waals surface area contributed by atoms with Crippen molar-refractivity contribution in [2.75, 3.05) is 31.2 Å². The van der Waals surface area contributed by atoms with Crippen LogP contribution in [0.1, 0.15) is 53.2 Å². The van der Waals surface area contributed by atoms with Gasteiger partial charge in [0.05, 0.1) is 17.1 Å². The molecule has 0 saturated carbocycles. The number of hydrogen-bond donors (Lipinski definition) is 1. The number of hydrogen-bond acceptors (Lipinski definition) is 5. The number of carbonyl (C=O) groups excluding carboxylic acids is 2. The quantitative estimate of drug-likeness (QED) is 0.835. The SMILES string of the molecule is CC(C)C(=O)N1CCC2(CC1)OCCc1sc(C(=O)NC3CCSC3)cc12. The van der Waals surface area contributed by atoms with Gasteiger partial charge in [0, 0.05) is 42.1 Å². The van der Waals surface area contributed by atoms with Gasteiger partial charge < -0.3 is 15.0 Å². The first-order valence-electron chi connectivity index (χ1n) is 9.93. The lowest BCUT2D eigenvalue weighted by atomic mass is 9.82. The molecule has 4 rings (SSSR count). The van der Waals surface area contributed by atoms with Crippen LogP contribution in [0.15, 0.2) is 6.07 Å². The van der Waals surface area contributed by atoms with Gasteiger partial charge in [-0.05, 0) is 36.6 Å². The summed E-state index contributed by atoms with van der Waals surface area (Å²) in [5, 5.41) is 3.19. The van der Waals surface area contributed by atoms with Crippen molar-refractivity contribution in [1.29, 1.82) is 0 Å². The van der Waals surface area contributed by atoms with Crippen LogP contribution in [0.4, 0.5) is 0 Å². The Labute approximate surface area is 169 Å². The molecule has 2 fully saturated rings. The lowest BCUT2D eigenvalue weighted by Crippen LogP contribution is -2.49. The Hall–Kier alpha value is -1.05. The van der Waals surface area contributed by atoms with Crippen LogP contribution in [0.25, 0.3) is 0 Å². The predicted octanol–water partition coefficient (Wildman–Crippen LogP) is 3.03. The minimum atomic E-state index is -0.320. The molecule has 0 aliphatic carbocycles. The van der Waals surface area contributed by atoms with Crippen molar-refractivity contribution in [2.45, 2.75) is 51.2 Å². The molecule has 27 heavy (non-hydrogen) atoms. The van der Waals surface area contributed by atoms with Crippen LogP contribution in [0.2, 0.25) is 0 Å². The van der Waals surface area contributed by atoms with Gasteiger partial charge in [-0.1, -0.05) is 13.8 Å². The summed E-state index contributed by atoms with van der Waals surface area (Å²) in [7, 11) is 0. The molecule has 5 nitrogen and oxygen atoms in total. The molecular formula is C20H28N2O3S2. The van der Waals surface area contributed by atoms with Crippen LogP contribution >= 0.6 is 23.1 Å². The third-order valence-corrected chi connectivity index (χ3v) is 8.23. The van der Waals surface area contributed by atoms with E-state index in [1.54, 1.807) is 11.3 Å². The van der Waals surface area contributed by atoms with Gasteiger partial charge in [0.2, 0.25) is 5.91 Å². The zero-order chi connectivity index (χ0) is 19.0. The molecule has 1 N–H and O–H groups in total. The first-order chi connectivity index (χ1) is 13.0. The monoisotopic (exact) mass is 408 g/mol. The van der Waals surface area contributed by atoms with Crippen molar-refractivity contribution in [2.24, 2.45) is 5.92 Å². The predicted molar refractivity (Wildman–Crippen MR) is 110 cm³/mol. The first-order valence-corrected chi connectivity index (χ1v) is 11.9. The molecule has 148 valence electrons. The Morgan fingerprint density at radius 2 is 2.11 bits per heavy atom. The zero-order valence-electron chi connectivity index (χ0n) is 16.1. The molecule has 7 heteroatoms. The van der Waals surface area contributed by atoms with Crippen LogP contribution in [0, 0.1) is 5.92 Å². The normalized spacial score (nSPS) is 24.3. The lowest BCUT2D eigenvalue weighted by molar-refractivity contribution is -0.143.